The summed E-state index contributed by atoms with van der Waals surface area (Å²) in [7, 11) is 0. The van der Waals surface area contributed by atoms with Gasteiger partial charge in [-0.1, -0.05) is 13.8 Å². The Hall–Kier alpha value is -2.93. The molecule has 136 valence electrons. The molecule has 0 aliphatic heterocycles. The lowest BCUT2D eigenvalue weighted by Gasteiger charge is -2.15. The number of carbonyl (C=O) groups is 1. The summed E-state index contributed by atoms with van der Waals surface area (Å²) in [5.74, 6) is -0.0707. The number of nitrogens with two attached hydrogens (primary N) is 1. The molecular weight excluding hydrogens is 335 g/mol. The maximum atomic E-state index is 14.4. The number of ether oxygens (including phenoxy) is 1. The van der Waals surface area contributed by atoms with Crippen LogP contribution in [0.15, 0.2) is 42.7 Å². The predicted octanol–water partition coefficient (Wildman–Crippen LogP) is 3.81. The van der Waals surface area contributed by atoms with Crippen LogP contribution >= 0.6 is 0 Å². The van der Waals surface area contributed by atoms with Gasteiger partial charge in [-0.2, -0.15) is 0 Å². The highest BCUT2D eigenvalue weighted by molar-refractivity contribution is 5.94. The zero-order valence-corrected chi connectivity index (χ0v) is 14.6. The minimum absolute atomic E-state index is 0.0585. The number of rotatable bonds is 6. The van der Waals surface area contributed by atoms with Gasteiger partial charge >= 0.3 is 0 Å². The number of anilines is 1. The number of hydrogen-bond acceptors (Lipinski definition) is 4. The van der Waals surface area contributed by atoms with E-state index in [1.807, 2.05) is 13.8 Å². The van der Waals surface area contributed by atoms with Gasteiger partial charge in [0.05, 0.1) is 11.4 Å². The number of aromatic amines is 1. The summed E-state index contributed by atoms with van der Waals surface area (Å²) in [4.78, 5) is 19.2. The maximum absolute atomic E-state index is 14.4. The largest absolute Gasteiger partial charge is 0.453 e. The van der Waals surface area contributed by atoms with E-state index < -0.39 is 11.9 Å². The van der Waals surface area contributed by atoms with Gasteiger partial charge in [0, 0.05) is 24.1 Å². The Morgan fingerprint density at radius 2 is 2.12 bits per heavy atom. The third kappa shape index (κ3) is 4.00. The van der Waals surface area contributed by atoms with Gasteiger partial charge < -0.3 is 20.8 Å². The predicted molar refractivity (Wildman–Crippen MR) is 98.6 cm³/mol. The zero-order valence-electron chi connectivity index (χ0n) is 14.6. The summed E-state index contributed by atoms with van der Waals surface area (Å²) >= 11 is 0. The van der Waals surface area contributed by atoms with Crippen LogP contribution in [0.3, 0.4) is 0 Å². The highest BCUT2D eigenvalue weighted by atomic mass is 19.1. The summed E-state index contributed by atoms with van der Waals surface area (Å²) in [5, 5.41) is 3.38. The molecule has 0 aliphatic carbocycles. The SMILES string of the molecule is CC(C)CC(N)C(=O)Nc1ccc(Oc2ccnc3[nH]ccc23)c(F)c1. The number of pyridine rings is 1. The van der Waals surface area contributed by atoms with Crippen molar-refractivity contribution in [2.75, 3.05) is 5.32 Å². The molecule has 3 aromatic rings. The molecule has 26 heavy (non-hydrogen) atoms. The van der Waals surface area contributed by atoms with E-state index in [1.54, 1.807) is 30.6 Å². The lowest BCUT2D eigenvalue weighted by molar-refractivity contribution is -0.117. The Morgan fingerprint density at radius 1 is 1.31 bits per heavy atom. The first-order valence-electron chi connectivity index (χ1n) is 8.40. The van der Waals surface area contributed by atoms with Gasteiger partial charge in [0.25, 0.3) is 0 Å². The normalized spacial score (nSPS) is 12.3. The van der Waals surface area contributed by atoms with Gasteiger partial charge in [-0.3, -0.25) is 4.79 Å². The molecule has 7 heteroatoms. The first-order valence-corrected chi connectivity index (χ1v) is 8.40. The molecule has 0 spiro atoms. The van der Waals surface area contributed by atoms with Gasteiger partial charge in [-0.05, 0) is 36.6 Å². The molecule has 2 aromatic heterocycles. The number of amides is 1. The molecule has 0 saturated carbocycles. The van der Waals surface area contributed by atoms with Crippen LogP contribution in [0.2, 0.25) is 0 Å². The second kappa shape index (κ2) is 7.53. The van der Waals surface area contributed by atoms with Crippen molar-refractivity contribution >= 4 is 22.6 Å². The fraction of sp³-hybridized carbons (Fsp3) is 0.263. The minimum atomic E-state index is -0.632. The van der Waals surface area contributed by atoms with Crippen LogP contribution in [-0.4, -0.2) is 21.9 Å². The van der Waals surface area contributed by atoms with Crippen LogP contribution in [-0.2, 0) is 4.79 Å². The Balaban J connectivity index is 1.73. The number of halogens is 1. The Bertz CT molecular complexity index is 923. The van der Waals surface area contributed by atoms with E-state index in [0.717, 1.165) is 5.39 Å². The van der Waals surface area contributed by atoms with Crippen LogP contribution in [0.1, 0.15) is 20.3 Å². The summed E-state index contributed by atoms with van der Waals surface area (Å²) in [6, 6.07) is 7.10. The highest BCUT2D eigenvalue weighted by Gasteiger charge is 2.16. The van der Waals surface area contributed by atoms with Crippen LogP contribution in [0.5, 0.6) is 11.5 Å². The Labute approximate surface area is 150 Å². The topological polar surface area (TPSA) is 93.0 Å². The number of H-pyrrole nitrogens is 1. The molecule has 1 amide bonds. The van der Waals surface area contributed by atoms with E-state index in [2.05, 4.69) is 15.3 Å². The van der Waals surface area contributed by atoms with E-state index >= 15 is 0 Å². The molecule has 0 bridgehead atoms. The standard InChI is InChI=1S/C19H21FN4O2/c1-11(2)9-15(21)19(25)24-12-3-4-17(14(20)10-12)26-16-6-8-23-18-13(16)5-7-22-18/h3-8,10-11,15H,9,21H2,1-2H3,(H,22,23)(H,24,25). The van der Waals surface area contributed by atoms with Crippen LogP contribution < -0.4 is 15.8 Å². The van der Waals surface area contributed by atoms with Crippen molar-refractivity contribution in [3.8, 4) is 11.5 Å². The molecule has 0 saturated heterocycles. The molecule has 1 aromatic carbocycles. The van der Waals surface area contributed by atoms with Crippen molar-refractivity contribution in [3.63, 3.8) is 0 Å². The first kappa shape index (κ1) is 17.9. The lowest BCUT2D eigenvalue weighted by atomic mass is 10.0. The van der Waals surface area contributed by atoms with Crippen LogP contribution in [0, 0.1) is 11.7 Å². The van der Waals surface area contributed by atoms with Crippen molar-refractivity contribution in [1.29, 1.82) is 0 Å². The summed E-state index contributed by atoms with van der Waals surface area (Å²) in [6.07, 6.45) is 3.88. The van der Waals surface area contributed by atoms with Gasteiger partial charge in [0.15, 0.2) is 11.6 Å². The van der Waals surface area contributed by atoms with Crippen molar-refractivity contribution in [2.24, 2.45) is 11.7 Å². The average molecular weight is 356 g/mol. The third-order valence-electron chi connectivity index (χ3n) is 3.90. The van der Waals surface area contributed by atoms with E-state index in [-0.39, 0.29) is 11.7 Å². The quantitative estimate of drug-likeness (QED) is 0.626. The Kier molecular flexibility index (Phi) is 5.18. The molecular formula is C19H21FN4O2. The maximum Gasteiger partial charge on any atom is 0.241 e. The van der Waals surface area contributed by atoms with Crippen LogP contribution in [0.25, 0.3) is 11.0 Å². The van der Waals surface area contributed by atoms with Crippen molar-refractivity contribution < 1.29 is 13.9 Å². The number of fused-ring (bicyclic) bond motifs is 1. The number of hydrogen-bond donors (Lipinski definition) is 3. The molecule has 0 aliphatic rings. The zero-order chi connectivity index (χ0) is 18.7. The van der Waals surface area contributed by atoms with Gasteiger partial charge in [-0.25, -0.2) is 9.37 Å². The monoisotopic (exact) mass is 356 g/mol. The molecule has 0 radical (unpaired) electrons. The third-order valence-corrected chi connectivity index (χ3v) is 3.90. The molecule has 6 nitrogen and oxygen atoms in total. The van der Waals surface area contributed by atoms with Crippen LogP contribution in [0.4, 0.5) is 10.1 Å². The molecule has 3 rings (SSSR count). The average Bonchev–Trinajstić information content (AvgIpc) is 3.06. The van der Waals surface area contributed by atoms with Crippen molar-refractivity contribution in [1.82, 2.24) is 9.97 Å². The lowest BCUT2D eigenvalue weighted by Crippen LogP contribution is -2.36. The summed E-state index contributed by atoms with van der Waals surface area (Å²) in [6.45, 7) is 3.97. The fourth-order valence-electron chi connectivity index (χ4n) is 2.65. The molecule has 1 atom stereocenters. The summed E-state index contributed by atoms with van der Waals surface area (Å²) in [5.41, 5.74) is 6.83. The molecule has 1 unspecified atom stereocenters. The molecule has 0 fully saturated rings. The van der Waals surface area contributed by atoms with Crippen molar-refractivity contribution in [3.05, 3.63) is 48.5 Å². The number of aromatic nitrogens is 2. The first-order chi connectivity index (χ1) is 12.4. The van der Waals surface area contributed by atoms with E-state index in [0.29, 0.717) is 29.4 Å². The van der Waals surface area contributed by atoms with Gasteiger partial charge in [0.2, 0.25) is 5.91 Å². The van der Waals surface area contributed by atoms with Gasteiger partial charge in [0.1, 0.15) is 11.4 Å². The summed E-state index contributed by atoms with van der Waals surface area (Å²) < 4.78 is 20.1. The fourth-order valence-corrected chi connectivity index (χ4v) is 2.65. The number of nitrogens with one attached hydrogen (secondary N) is 2. The van der Waals surface area contributed by atoms with E-state index in [1.165, 1.54) is 12.1 Å². The second-order valence-electron chi connectivity index (χ2n) is 6.52. The molecule has 4 N–H and O–H groups in total. The Morgan fingerprint density at radius 3 is 2.85 bits per heavy atom. The minimum Gasteiger partial charge on any atom is -0.453 e. The highest BCUT2D eigenvalue weighted by Crippen LogP contribution is 2.31. The smallest absolute Gasteiger partial charge is 0.241 e. The number of benzene rings is 1. The van der Waals surface area contributed by atoms with Crippen molar-refractivity contribution in [2.45, 2.75) is 26.3 Å². The second-order valence-corrected chi connectivity index (χ2v) is 6.52. The van der Waals surface area contributed by atoms with Gasteiger partial charge in [-0.15, -0.1) is 0 Å². The molecule has 2 heterocycles. The number of nitrogens with zero attached hydrogens (tertiary/aromatic N) is 1. The van der Waals surface area contributed by atoms with E-state index in [9.17, 15) is 9.18 Å². The number of carbonyl (C=O) groups excluding carboxylic acids is 1. The van der Waals surface area contributed by atoms with E-state index in [4.69, 9.17) is 10.5 Å².